The van der Waals surface area contributed by atoms with Crippen LogP contribution in [0.5, 0.6) is 0 Å². The number of rotatable bonds is 4. The topological polar surface area (TPSA) is 44.7 Å². The smallest absolute Gasteiger partial charge is 0.254 e. The van der Waals surface area contributed by atoms with Crippen LogP contribution in [-0.2, 0) is 4.79 Å². The highest BCUT2D eigenvalue weighted by Gasteiger charge is 2.12. The first-order valence-electron chi connectivity index (χ1n) is 7.14. The molecule has 1 aromatic rings. The zero-order valence-corrected chi connectivity index (χ0v) is 11.8. The quantitative estimate of drug-likeness (QED) is 0.684. The van der Waals surface area contributed by atoms with Gasteiger partial charge in [-0.1, -0.05) is 18.9 Å². The summed E-state index contributed by atoms with van der Waals surface area (Å²) in [7, 11) is 0. The number of hydrogen-bond acceptors (Lipinski definition) is 3. The molecule has 2 rings (SSSR count). The van der Waals surface area contributed by atoms with E-state index in [0.717, 1.165) is 38.1 Å². The Morgan fingerprint density at radius 1 is 1.19 bits per heavy atom. The molecule has 0 aromatic heterocycles. The number of hydrogen-bond donors (Lipinski definition) is 1. The van der Waals surface area contributed by atoms with Crippen LogP contribution in [0.15, 0.2) is 23.3 Å². The molecule has 6 heteroatoms. The highest BCUT2D eigenvalue weighted by molar-refractivity contribution is 5.83. The zero-order chi connectivity index (χ0) is 15.1. The average Bonchev–Trinajstić information content (AvgIpc) is 2.71. The summed E-state index contributed by atoms with van der Waals surface area (Å²) in [4.78, 5) is 13.8. The van der Waals surface area contributed by atoms with Crippen molar-refractivity contribution in [1.82, 2.24) is 10.3 Å². The number of nitrogens with zero attached hydrogens (tertiary/aromatic N) is 2. The molecule has 1 amide bonds. The summed E-state index contributed by atoms with van der Waals surface area (Å²) in [5.74, 6) is -2.04. The number of amides is 1. The highest BCUT2D eigenvalue weighted by atomic mass is 19.2. The summed E-state index contributed by atoms with van der Waals surface area (Å²) in [6.45, 7) is 2.18. The van der Waals surface area contributed by atoms with E-state index >= 15 is 0 Å². The Kier molecular flexibility index (Phi) is 5.80. The van der Waals surface area contributed by atoms with E-state index in [1.807, 2.05) is 0 Å². The van der Waals surface area contributed by atoms with Crippen molar-refractivity contribution in [2.24, 2.45) is 5.10 Å². The molecule has 0 atom stereocenters. The van der Waals surface area contributed by atoms with Gasteiger partial charge in [-0.3, -0.25) is 9.69 Å². The van der Waals surface area contributed by atoms with Crippen molar-refractivity contribution in [2.45, 2.75) is 25.7 Å². The Morgan fingerprint density at radius 3 is 2.57 bits per heavy atom. The van der Waals surface area contributed by atoms with Crippen LogP contribution in [0, 0.1) is 11.6 Å². The minimum Gasteiger partial charge on any atom is -0.294 e. The van der Waals surface area contributed by atoms with Gasteiger partial charge in [0.15, 0.2) is 11.6 Å². The van der Waals surface area contributed by atoms with Crippen LogP contribution in [0.2, 0.25) is 0 Å². The molecule has 1 aromatic carbocycles. The van der Waals surface area contributed by atoms with Crippen molar-refractivity contribution in [1.29, 1.82) is 0 Å². The third-order valence-electron chi connectivity index (χ3n) is 3.41. The summed E-state index contributed by atoms with van der Waals surface area (Å²) < 4.78 is 25.7. The van der Waals surface area contributed by atoms with Crippen molar-refractivity contribution in [3.63, 3.8) is 0 Å². The van der Waals surface area contributed by atoms with Crippen LogP contribution < -0.4 is 5.43 Å². The minimum absolute atomic E-state index is 0.198. The SMILES string of the molecule is O=C(CN1CCCCCC1)NN=Cc1ccc(F)c(F)c1. The van der Waals surface area contributed by atoms with Gasteiger partial charge in [-0.15, -0.1) is 0 Å². The maximum absolute atomic E-state index is 13.0. The summed E-state index contributed by atoms with van der Waals surface area (Å²) in [5, 5.41) is 3.76. The largest absolute Gasteiger partial charge is 0.294 e. The van der Waals surface area contributed by atoms with Gasteiger partial charge >= 0.3 is 0 Å². The number of hydrazone groups is 1. The molecule has 0 saturated carbocycles. The number of benzene rings is 1. The normalized spacial score (nSPS) is 16.9. The van der Waals surface area contributed by atoms with E-state index in [9.17, 15) is 13.6 Å². The highest BCUT2D eigenvalue weighted by Crippen LogP contribution is 2.09. The molecule has 1 aliphatic rings. The van der Waals surface area contributed by atoms with Crippen LogP contribution in [-0.4, -0.2) is 36.7 Å². The van der Waals surface area contributed by atoms with Gasteiger partial charge in [0.25, 0.3) is 5.91 Å². The van der Waals surface area contributed by atoms with Crippen molar-refractivity contribution in [3.05, 3.63) is 35.4 Å². The Bertz CT molecular complexity index is 512. The lowest BCUT2D eigenvalue weighted by Gasteiger charge is -2.17. The van der Waals surface area contributed by atoms with Crippen LogP contribution in [0.3, 0.4) is 0 Å². The van der Waals surface area contributed by atoms with E-state index in [0.29, 0.717) is 12.1 Å². The van der Waals surface area contributed by atoms with E-state index in [-0.39, 0.29) is 5.91 Å². The molecule has 1 heterocycles. The Morgan fingerprint density at radius 2 is 1.90 bits per heavy atom. The van der Waals surface area contributed by atoms with E-state index in [1.54, 1.807) is 0 Å². The number of carbonyl (C=O) groups is 1. The standard InChI is InChI=1S/C15H19F2N3O/c16-13-6-5-12(9-14(13)17)10-18-19-15(21)11-20-7-3-1-2-4-8-20/h5-6,9-10H,1-4,7-8,11H2,(H,19,21). The van der Waals surface area contributed by atoms with Gasteiger partial charge in [-0.25, -0.2) is 14.2 Å². The molecular formula is C15H19F2N3O. The van der Waals surface area contributed by atoms with Crippen molar-refractivity contribution >= 4 is 12.1 Å². The first kappa shape index (κ1) is 15.6. The lowest BCUT2D eigenvalue weighted by molar-refractivity contribution is -0.122. The molecular weight excluding hydrogens is 276 g/mol. The van der Waals surface area contributed by atoms with E-state index in [1.165, 1.54) is 25.1 Å². The van der Waals surface area contributed by atoms with Gasteiger partial charge in [-0.05, 0) is 43.6 Å². The number of nitrogens with one attached hydrogen (secondary N) is 1. The van der Waals surface area contributed by atoms with Gasteiger partial charge in [-0.2, -0.15) is 5.10 Å². The monoisotopic (exact) mass is 295 g/mol. The molecule has 1 aliphatic heterocycles. The summed E-state index contributed by atoms with van der Waals surface area (Å²) >= 11 is 0. The number of likely N-dealkylation sites (tertiary alicyclic amines) is 1. The first-order valence-corrected chi connectivity index (χ1v) is 7.14. The molecule has 1 N–H and O–H groups in total. The number of carbonyl (C=O) groups excluding carboxylic acids is 1. The molecule has 0 spiro atoms. The average molecular weight is 295 g/mol. The second kappa shape index (κ2) is 7.83. The van der Waals surface area contributed by atoms with Crippen LogP contribution >= 0.6 is 0 Å². The fraction of sp³-hybridized carbons (Fsp3) is 0.467. The third kappa shape index (κ3) is 5.23. The van der Waals surface area contributed by atoms with Gasteiger partial charge in [0.1, 0.15) is 0 Å². The second-order valence-corrected chi connectivity index (χ2v) is 5.16. The van der Waals surface area contributed by atoms with Crippen molar-refractivity contribution < 1.29 is 13.6 Å². The summed E-state index contributed by atoms with van der Waals surface area (Å²) in [6, 6.07) is 3.44. The molecule has 0 unspecified atom stereocenters. The van der Waals surface area contributed by atoms with Crippen molar-refractivity contribution in [2.75, 3.05) is 19.6 Å². The second-order valence-electron chi connectivity index (χ2n) is 5.16. The Hall–Kier alpha value is -1.82. The molecule has 1 saturated heterocycles. The molecule has 0 bridgehead atoms. The molecule has 1 fully saturated rings. The fourth-order valence-corrected chi connectivity index (χ4v) is 2.30. The molecule has 0 aliphatic carbocycles. The van der Waals surface area contributed by atoms with Crippen LogP contribution in [0.4, 0.5) is 8.78 Å². The zero-order valence-electron chi connectivity index (χ0n) is 11.8. The Balaban J connectivity index is 1.79. The lowest BCUT2D eigenvalue weighted by atomic mass is 10.2. The number of halogens is 2. The van der Waals surface area contributed by atoms with E-state index < -0.39 is 11.6 Å². The van der Waals surface area contributed by atoms with E-state index in [2.05, 4.69) is 15.4 Å². The molecule has 4 nitrogen and oxygen atoms in total. The third-order valence-corrected chi connectivity index (χ3v) is 3.41. The predicted molar refractivity (Wildman–Crippen MR) is 77.0 cm³/mol. The lowest BCUT2D eigenvalue weighted by Crippen LogP contribution is -2.35. The molecule has 0 radical (unpaired) electrons. The van der Waals surface area contributed by atoms with Crippen LogP contribution in [0.1, 0.15) is 31.2 Å². The minimum atomic E-state index is -0.935. The molecule has 114 valence electrons. The van der Waals surface area contributed by atoms with Crippen molar-refractivity contribution in [3.8, 4) is 0 Å². The summed E-state index contributed by atoms with van der Waals surface area (Å²) in [5.41, 5.74) is 2.80. The summed E-state index contributed by atoms with van der Waals surface area (Å²) in [6.07, 6.45) is 5.96. The maximum Gasteiger partial charge on any atom is 0.254 e. The predicted octanol–water partition coefficient (Wildman–Crippen LogP) is 2.29. The first-order chi connectivity index (χ1) is 10.1. The van der Waals surface area contributed by atoms with E-state index in [4.69, 9.17) is 0 Å². The van der Waals surface area contributed by atoms with Gasteiger partial charge in [0, 0.05) is 0 Å². The van der Waals surface area contributed by atoms with Gasteiger partial charge in [0.2, 0.25) is 0 Å². The van der Waals surface area contributed by atoms with Crippen LogP contribution in [0.25, 0.3) is 0 Å². The Labute approximate surface area is 122 Å². The molecule has 21 heavy (non-hydrogen) atoms. The van der Waals surface area contributed by atoms with Gasteiger partial charge < -0.3 is 0 Å². The fourth-order valence-electron chi connectivity index (χ4n) is 2.30. The van der Waals surface area contributed by atoms with Gasteiger partial charge in [0.05, 0.1) is 12.8 Å². The maximum atomic E-state index is 13.0.